The normalized spacial score (nSPS) is 22.0. The lowest BCUT2D eigenvalue weighted by atomic mass is 10.0. The summed E-state index contributed by atoms with van der Waals surface area (Å²) in [5.74, 6) is 0.255. The van der Waals surface area contributed by atoms with E-state index in [1.54, 1.807) is 0 Å². The Morgan fingerprint density at radius 1 is 1.33 bits per heavy atom. The summed E-state index contributed by atoms with van der Waals surface area (Å²) in [5, 5.41) is 6.36. The van der Waals surface area contributed by atoms with Crippen molar-refractivity contribution in [1.29, 1.82) is 0 Å². The Labute approximate surface area is 149 Å². The fourth-order valence-electron chi connectivity index (χ4n) is 3.36. The van der Waals surface area contributed by atoms with E-state index in [-0.39, 0.29) is 36.3 Å². The van der Waals surface area contributed by atoms with E-state index < -0.39 is 0 Å². The van der Waals surface area contributed by atoms with Gasteiger partial charge >= 0.3 is 0 Å². The van der Waals surface area contributed by atoms with Gasteiger partial charge in [-0.2, -0.15) is 0 Å². The number of piperidine rings is 1. The Hall–Kier alpha value is -1.59. The van der Waals surface area contributed by atoms with Gasteiger partial charge in [0.25, 0.3) is 0 Å². The summed E-state index contributed by atoms with van der Waals surface area (Å²) in [7, 11) is 0. The molecule has 0 radical (unpaired) electrons. The Morgan fingerprint density at radius 3 is 2.83 bits per heavy atom. The molecule has 5 nitrogen and oxygen atoms in total. The number of nitrogens with one attached hydrogen (secondary N) is 2. The average molecular weight is 352 g/mol. The van der Waals surface area contributed by atoms with E-state index in [9.17, 15) is 9.59 Å². The molecule has 2 fully saturated rings. The molecule has 2 saturated heterocycles. The summed E-state index contributed by atoms with van der Waals surface area (Å²) in [5.41, 5.74) is 1.97. The minimum atomic E-state index is -0.0745. The van der Waals surface area contributed by atoms with Gasteiger partial charge in [0, 0.05) is 18.7 Å². The quantitative estimate of drug-likeness (QED) is 0.876. The standard InChI is InChI=1S/C18H25N3O2.ClH/c1-13(20-18(23)16-8-2-3-10-19-16)14-6-4-7-15(12-14)21-11-5-9-17(21)22;/h4,6-7,12-13,16,19H,2-3,5,8-11H2,1H3,(H,20,23);1H. The third-order valence-electron chi connectivity index (χ3n) is 4.74. The van der Waals surface area contributed by atoms with Gasteiger partial charge < -0.3 is 15.5 Å². The van der Waals surface area contributed by atoms with Gasteiger partial charge in [0.05, 0.1) is 12.1 Å². The average Bonchev–Trinajstić information content (AvgIpc) is 3.02. The first kappa shape index (κ1) is 18.7. The molecule has 2 N–H and O–H groups in total. The molecular weight excluding hydrogens is 326 g/mol. The number of benzene rings is 1. The van der Waals surface area contributed by atoms with E-state index in [4.69, 9.17) is 0 Å². The molecule has 0 bridgehead atoms. The number of carbonyl (C=O) groups is 2. The van der Waals surface area contributed by atoms with Crippen molar-refractivity contribution in [3.05, 3.63) is 29.8 Å². The van der Waals surface area contributed by atoms with Crippen LogP contribution in [0.1, 0.15) is 50.6 Å². The summed E-state index contributed by atoms with van der Waals surface area (Å²) in [6.45, 7) is 3.69. The maximum atomic E-state index is 12.3. The van der Waals surface area contributed by atoms with E-state index in [1.165, 1.54) is 0 Å². The summed E-state index contributed by atoms with van der Waals surface area (Å²) >= 11 is 0. The van der Waals surface area contributed by atoms with Crippen molar-refractivity contribution < 1.29 is 9.59 Å². The summed E-state index contributed by atoms with van der Waals surface area (Å²) in [6.07, 6.45) is 4.70. The number of halogens is 1. The minimum absolute atomic E-state index is 0. The van der Waals surface area contributed by atoms with Crippen LogP contribution in [0.15, 0.2) is 24.3 Å². The number of rotatable bonds is 4. The third kappa shape index (κ3) is 4.28. The van der Waals surface area contributed by atoms with E-state index in [2.05, 4.69) is 10.6 Å². The summed E-state index contributed by atoms with van der Waals surface area (Å²) in [6, 6.07) is 7.80. The number of hydrogen-bond donors (Lipinski definition) is 2. The van der Waals surface area contributed by atoms with Crippen molar-refractivity contribution in [1.82, 2.24) is 10.6 Å². The highest BCUT2D eigenvalue weighted by atomic mass is 35.5. The number of anilines is 1. The second kappa shape index (κ2) is 8.49. The lowest BCUT2D eigenvalue weighted by molar-refractivity contribution is -0.124. The molecule has 0 aliphatic carbocycles. The molecule has 0 saturated carbocycles. The molecule has 0 aromatic heterocycles. The van der Waals surface area contributed by atoms with Crippen molar-refractivity contribution in [3.8, 4) is 0 Å². The summed E-state index contributed by atoms with van der Waals surface area (Å²) < 4.78 is 0. The molecule has 132 valence electrons. The number of amides is 2. The van der Waals surface area contributed by atoms with E-state index >= 15 is 0 Å². The molecule has 2 amide bonds. The van der Waals surface area contributed by atoms with E-state index in [0.29, 0.717) is 6.42 Å². The lowest BCUT2D eigenvalue weighted by Crippen LogP contribution is -2.47. The Balaban J connectivity index is 0.00000208. The molecule has 1 aromatic carbocycles. The fourth-order valence-corrected chi connectivity index (χ4v) is 3.36. The Bertz CT molecular complexity index is 587. The zero-order valence-electron chi connectivity index (χ0n) is 14.1. The molecular formula is C18H26ClN3O2. The maximum Gasteiger partial charge on any atom is 0.237 e. The van der Waals surface area contributed by atoms with Crippen LogP contribution >= 0.6 is 12.4 Å². The second-order valence-electron chi connectivity index (χ2n) is 6.48. The van der Waals surface area contributed by atoms with Crippen molar-refractivity contribution in [3.63, 3.8) is 0 Å². The molecule has 24 heavy (non-hydrogen) atoms. The molecule has 2 heterocycles. The van der Waals surface area contributed by atoms with Crippen LogP contribution in [-0.4, -0.2) is 30.9 Å². The van der Waals surface area contributed by atoms with Crippen LogP contribution in [-0.2, 0) is 9.59 Å². The van der Waals surface area contributed by atoms with Gasteiger partial charge in [0.2, 0.25) is 11.8 Å². The number of hydrogen-bond acceptors (Lipinski definition) is 3. The molecule has 2 aliphatic rings. The van der Waals surface area contributed by atoms with Gasteiger partial charge in [0.1, 0.15) is 0 Å². The SMILES string of the molecule is CC(NC(=O)C1CCCCN1)c1cccc(N2CCCC2=O)c1.Cl. The molecule has 2 atom stereocenters. The van der Waals surface area contributed by atoms with Crippen molar-refractivity contribution >= 4 is 29.9 Å². The van der Waals surface area contributed by atoms with Crippen molar-refractivity contribution in [2.75, 3.05) is 18.0 Å². The van der Waals surface area contributed by atoms with Crippen LogP contribution in [0.4, 0.5) is 5.69 Å². The third-order valence-corrected chi connectivity index (χ3v) is 4.74. The van der Waals surface area contributed by atoms with Gasteiger partial charge in [-0.3, -0.25) is 9.59 Å². The zero-order chi connectivity index (χ0) is 16.2. The fraction of sp³-hybridized carbons (Fsp3) is 0.556. The van der Waals surface area contributed by atoms with Crippen LogP contribution in [0.2, 0.25) is 0 Å². The number of carbonyl (C=O) groups excluding carboxylic acids is 2. The van der Waals surface area contributed by atoms with Crippen molar-refractivity contribution in [2.24, 2.45) is 0 Å². The maximum absolute atomic E-state index is 12.3. The predicted octanol–water partition coefficient (Wildman–Crippen LogP) is 2.55. The largest absolute Gasteiger partial charge is 0.348 e. The lowest BCUT2D eigenvalue weighted by Gasteiger charge is -2.25. The van der Waals surface area contributed by atoms with Gasteiger partial charge in [-0.1, -0.05) is 18.6 Å². The summed E-state index contributed by atoms with van der Waals surface area (Å²) in [4.78, 5) is 26.1. The minimum Gasteiger partial charge on any atom is -0.348 e. The second-order valence-corrected chi connectivity index (χ2v) is 6.48. The molecule has 2 aliphatic heterocycles. The smallest absolute Gasteiger partial charge is 0.237 e. The van der Waals surface area contributed by atoms with Gasteiger partial charge in [-0.05, 0) is 50.4 Å². The van der Waals surface area contributed by atoms with Crippen LogP contribution < -0.4 is 15.5 Å². The van der Waals surface area contributed by atoms with Crippen LogP contribution in [0.5, 0.6) is 0 Å². The highest BCUT2D eigenvalue weighted by Gasteiger charge is 2.24. The van der Waals surface area contributed by atoms with Crippen LogP contribution in [0, 0.1) is 0 Å². The Morgan fingerprint density at radius 2 is 2.17 bits per heavy atom. The monoisotopic (exact) mass is 351 g/mol. The molecule has 3 rings (SSSR count). The zero-order valence-corrected chi connectivity index (χ0v) is 14.9. The molecule has 6 heteroatoms. The number of nitrogens with zero attached hydrogens (tertiary/aromatic N) is 1. The first-order valence-electron chi connectivity index (χ1n) is 8.59. The van der Waals surface area contributed by atoms with E-state index in [1.807, 2.05) is 36.1 Å². The first-order chi connectivity index (χ1) is 11.1. The highest BCUT2D eigenvalue weighted by molar-refractivity contribution is 5.95. The molecule has 1 aromatic rings. The van der Waals surface area contributed by atoms with Crippen molar-refractivity contribution in [2.45, 2.75) is 51.1 Å². The molecule has 0 spiro atoms. The predicted molar refractivity (Wildman–Crippen MR) is 97.5 cm³/mol. The highest BCUT2D eigenvalue weighted by Crippen LogP contribution is 2.25. The van der Waals surface area contributed by atoms with Gasteiger partial charge in [-0.15, -0.1) is 12.4 Å². The topological polar surface area (TPSA) is 61.4 Å². The van der Waals surface area contributed by atoms with E-state index in [0.717, 1.165) is 50.0 Å². The van der Waals surface area contributed by atoms with Gasteiger partial charge in [-0.25, -0.2) is 0 Å². The van der Waals surface area contributed by atoms with Crippen LogP contribution in [0.3, 0.4) is 0 Å². The first-order valence-corrected chi connectivity index (χ1v) is 8.59. The Kier molecular flexibility index (Phi) is 6.63. The van der Waals surface area contributed by atoms with Gasteiger partial charge in [0.15, 0.2) is 0 Å². The van der Waals surface area contributed by atoms with Crippen LogP contribution in [0.25, 0.3) is 0 Å². The molecule has 2 unspecified atom stereocenters.